The zero-order valence-electron chi connectivity index (χ0n) is 16.3. The van der Waals surface area contributed by atoms with Gasteiger partial charge in [0.05, 0.1) is 14.2 Å². The summed E-state index contributed by atoms with van der Waals surface area (Å²) >= 11 is 6.36. The number of Topliss-reactive ketones (excluding diaryl/α,β-unsaturated/α-hetero) is 1. The molecule has 1 N–H and O–H groups in total. The molecule has 5 nitrogen and oxygen atoms in total. The van der Waals surface area contributed by atoms with Crippen LogP contribution in [0, 0.1) is 0 Å². The molecule has 0 saturated heterocycles. The zero-order valence-corrected chi connectivity index (χ0v) is 17.1. The minimum atomic E-state index is -0.358. The molecule has 0 bridgehead atoms. The van der Waals surface area contributed by atoms with Gasteiger partial charge in [-0.1, -0.05) is 41.9 Å². The molecule has 1 aliphatic heterocycles. The maximum atomic E-state index is 13.2. The van der Waals surface area contributed by atoms with Gasteiger partial charge < -0.3 is 14.8 Å². The number of amides is 1. The molecular formula is C23H22ClNO4. The number of carbonyl (C=O) groups excluding carboxylic acids is 2. The van der Waals surface area contributed by atoms with E-state index in [1.165, 1.54) is 0 Å². The van der Waals surface area contributed by atoms with Crippen LogP contribution in [0.1, 0.15) is 42.2 Å². The lowest BCUT2D eigenvalue weighted by Crippen LogP contribution is -2.38. The number of ether oxygens (including phenoxy) is 2. The van der Waals surface area contributed by atoms with Crippen LogP contribution in [-0.4, -0.2) is 25.9 Å². The number of rotatable bonds is 4. The third-order valence-corrected chi connectivity index (χ3v) is 6.03. The Morgan fingerprint density at radius 3 is 2.41 bits per heavy atom. The highest BCUT2D eigenvalue weighted by Gasteiger charge is 2.39. The van der Waals surface area contributed by atoms with Gasteiger partial charge in [0, 0.05) is 40.6 Å². The average Bonchev–Trinajstić information content (AvgIpc) is 2.72. The fourth-order valence-electron chi connectivity index (χ4n) is 4.44. The number of hydrogen-bond acceptors (Lipinski definition) is 4. The van der Waals surface area contributed by atoms with Crippen molar-refractivity contribution in [2.24, 2.45) is 0 Å². The standard InChI is InChI=1S/C23H22ClNO4/c1-28-20-9-5-7-15(23(20)29-2)16-12-21(27)25-18-10-13(11-19(26)22(16)18)14-6-3-4-8-17(14)24/h3-9,13,16H,10-12H2,1-2H3,(H,25,27)/t13-,16+/m0/s1. The quantitative estimate of drug-likeness (QED) is 0.811. The summed E-state index contributed by atoms with van der Waals surface area (Å²) in [5.74, 6) is 0.653. The molecule has 1 aliphatic carbocycles. The summed E-state index contributed by atoms with van der Waals surface area (Å²) < 4.78 is 11.0. The predicted octanol–water partition coefficient (Wildman–Crippen LogP) is 4.36. The maximum absolute atomic E-state index is 13.2. The third kappa shape index (κ3) is 3.51. The topological polar surface area (TPSA) is 64.6 Å². The molecule has 1 heterocycles. The number of halogens is 1. The van der Waals surface area contributed by atoms with Crippen LogP contribution in [0.2, 0.25) is 5.02 Å². The average molecular weight is 412 g/mol. The van der Waals surface area contributed by atoms with Gasteiger partial charge in [-0.15, -0.1) is 0 Å². The maximum Gasteiger partial charge on any atom is 0.225 e. The summed E-state index contributed by atoms with van der Waals surface area (Å²) in [7, 11) is 3.13. The Balaban J connectivity index is 1.78. The van der Waals surface area contributed by atoms with Gasteiger partial charge in [0.15, 0.2) is 17.3 Å². The largest absolute Gasteiger partial charge is 0.493 e. The van der Waals surface area contributed by atoms with Crippen molar-refractivity contribution >= 4 is 23.3 Å². The Labute approximate surface area is 174 Å². The molecule has 150 valence electrons. The van der Waals surface area contributed by atoms with E-state index in [2.05, 4.69) is 5.32 Å². The summed E-state index contributed by atoms with van der Waals surface area (Å²) in [6, 6.07) is 13.1. The summed E-state index contributed by atoms with van der Waals surface area (Å²) in [4.78, 5) is 25.8. The third-order valence-electron chi connectivity index (χ3n) is 5.69. The summed E-state index contributed by atoms with van der Waals surface area (Å²) in [6.45, 7) is 0. The van der Waals surface area contributed by atoms with Crippen molar-refractivity contribution in [2.75, 3.05) is 14.2 Å². The van der Waals surface area contributed by atoms with E-state index in [1.807, 2.05) is 36.4 Å². The second kappa shape index (κ2) is 7.91. The van der Waals surface area contributed by atoms with E-state index < -0.39 is 0 Å². The fraction of sp³-hybridized carbons (Fsp3) is 0.304. The van der Waals surface area contributed by atoms with Crippen molar-refractivity contribution in [3.8, 4) is 11.5 Å². The number of hydrogen-bond donors (Lipinski definition) is 1. The van der Waals surface area contributed by atoms with Gasteiger partial charge in [-0.3, -0.25) is 9.59 Å². The number of methoxy groups -OCH3 is 2. The van der Waals surface area contributed by atoms with Crippen LogP contribution in [0.5, 0.6) is 11.5 Å². The number of ketones is 1. The van der Waals surface area contributed by atoms with Crippen molar-refractivity contribution in [3.05, 3.63) is 69.9 Å². The zero-order chi connectivity index (χ0) is 20.5. The van der Waals surface area contributed by atoms with E-state index in [-0.39, 0.29) is 29.9 Å². The minimum Gasteiger partial charge on any atom is -0.493 e. The molecule has 1 amide bonds. The van der Waals surface area contributed by atoms with Gasteiger partial charge in [-0.2, -0.15) is 0 Å². The molecule has 2 aliphatic rings. The van der Waals surface area contributed by atoms with Crippen molar-refractivity contribution < 1.29 is 19.1 Å². The molecule has 0 fully saturated rings. The Morgan fingerprint density at radius 1 is 0.931 bits per heavy atom. The van der Waals surface area contributed by atoms with Crippen molar-refractivity contribution in [2.45, 2.75) is 31.1 Å². The molecule has 2 atom stereocenters. The molecule has 0 saturated carbocycles. The first kappa shape index (κ1) is 19.5. The van der Waals surface area contributed by atoms with Gasteiger partial charge in [0.1, 0.15) is 0 Å². The van der Waals surface area contributed by atoms with Crippen molar-refractivity contribution in [1.29, 1.82) is 0 Å². The van der Waals surface area contributed by atoms with Crippen LogP contribution in [0.25, 0.3) is 0 Å². The number of benzene rings is 2. The molecule has 4 rings (SSSR count). The molecule has 2 aromatic rings. The molecule has 0 unspecified atom stereocenters. The first-order valence-electron chi connectivity index (χ1n) is 9.54. The van der Waals surface area contributed by atoms with Gasteiger partial charge >= 0.3 is 0 Å². The Morgan fingerprint density at radius 2 is 1.69 bits per heavy atom. The van der Waals surface area contributed by atoms with E-state index >= 15 is 0 Å². The van der Waals surface area contributed by atoms with E-state index in [0.717, 1.165) is 11.1 Å². The van der Waals surface area contributed by atoms with Crippen LogP contribution < -0.4 is 14.8 Å². The van der Waals surface area contributed by atoms with Crippen molar-refractivity contribution in [1.82, 2.24) is 5.32 Å². The van der Waals surface area contributed by atoms with E-state index in [1.54, 1.807) is 20.3 Å². The summed E-state index contributed by atoms with van der Waals surface area (Å²) in [5.41, 5.74) is 3.08. The molecule has 0 spiro atoms. The van der Waals surface area contributed by atoms with Gasteiger partial charge in [0.2, 0.25) is 5.91 Å². The van der Waals surface area contributed by atoms with Crippen LogP contribution in [-0.2, 0) is 9.59 Å². The predicted molar refractivity (Wildman–Crippen MR) is 111 cm³/mol. The van der Waals surface area contributed by atoms with Gasteiger partial charge in [-0.25, -0.2) is 0 Å². The summed E-state index contributed by atoms with van der Waals surface area (Å²) in [5, 5.41) is 3.58. The van der Waals surface area contributed by atoms with E-state index in [0.29, 0.717) is 40.6 Å². The molecule has 29 heavy (non-hydrogen) atoms. The Kier molecular flexibility index (Phi) is 5.33. The van der Waals surface area contributed by atoms with Crippen molar-refractivity contribution in [3.63, 3.8) is 0 Å². The number of allylic oxidation sites excluding steroid dienone is 2. The normalized spacial score (nSPS) is 21.5. The monoisotopic (exact) mass is 411 g/mol. The van der Waals surface area contributed by atoms with E-state index in [4.69, 9.17) is 21.1 Å². The number of nitrogens with one attached hydrogen (secondary N) is 1. The molecule has 6 heteroatoms. The van der Waals surface area contributed by atoms with Gasteiger partial charge in [0.25, 0.3) is 0 Å². The lowest BCUT2D eigenvalue weighted by atomic mass is 9.73. The SMILES string of the molecule is COc1cccc([C@H]2CC(=O)NC3=C2C(=O)C[C@@H](c2ccccc2Cl)C3)c1OC. The molecule has 0 radical (unpaired) electrons. The highest BCUT2D eigenvalue weighted by Crippen LogP contribution is 2.47. The number of para-hydroxylation sites is 1. The van der Waals surface area contributed by atoms with Crippen LogP contribution in [0.3, 0.4) is 0 Å². The Bertz CT molecular complexity index is 1010. The second-order valence-electron chi connectivity index (χ2n) is 7.33. The molecule has 0 aromatic heterocycles. The Hall–Kier alpha value is -2.79. The summed E-state index contributed by atoms with van der Waals surface area (Å²) in [6.07, 6.45) is 1.13. The lowest BCUT2D eigenvalue weighted by Gasteiger charge is -2.35. The van der Waals surface area contributed by atoms with Crippen LogP contribution >= 0.6 is 11.6 Å². The second-order valence-corrected chi connectivity index (χ2v) is 7.74. The van der Waals surface area contributed by atoms with E-state index in [9.17, 15) is 9.59 Å². The fourth-order valence-corrected chi connectivity index (χ4v) is 4.73. The van der Waals surface area contributed by atoms with Gasteiger partial charge in [-0.05, 0) is 30.0 Å². The van der Waals surface area contributed by atoms with Crippen LogP contribution in [0.15, 0.2) is 53.7 Å². The minimum absolute atomic E-state index is 0.0334. The lowest BCUT2D eigenvalue weighted by molar-refractivity contribution is -0.122. The molecular weight excluding hydrogens is 390 g/mol. The highest BCUT2D eigenvalue weighted by molar-refractivity contribution is 6.31. The number of carbonyl (C=O) groups is 2. The highest BCUT2D eigenvalue weighted by atomic mass is 35.5. The smallest absolute Gasteiger partial charge is 0.225 e. The first-order valence-corrected chi connectivity index (χ1v) is 9.92. The van der Waals surface area contributed by atoms with Crippen LogP contribution in [0.4, 0.5) is 0 Å². The molecule has 2 aromatic carbocycles. The first-order chi connectivity index (χ1) is 14.0.